The smallest absolute Gasteiger partial charge is 0.217 e. The van der Waals surface area contributed by atoms with Crippen molar-refractivity contribution in [1.29, 1.82) is 0 Å². The van der Waals surface area contributed by atoms with Gasteiger partial charge in [-0.1, -0.05) is 0 Å². The highest BCUT2D eigenvalue weighted by Crippen LogP contribution is 2.31. The second-order valence-corrected chi connectivity index (χ2v) is 4.39. The van der Waals surface area contributed by atoms with Gasteiger partial charge in [0.1, 0.15) is 5.75 Å². The third kappa shape index (κ3) is 2.19. The largest absolute Gasteiger partial charge is 0.438 e. The second-order valence-electron chi connectivity index (χ2n) is 3.54. The Labute approximate surface area is 102 Å². The summed E-state index contributed by atoms with van der Waals surface area (Å²) in [6, 6.07) is 7.30. The molecular weight excluding hydrogens is 270 g/mol. The molecule has 0 aliphatic carbocycles. The number of hydrogen-bond acceptors (Lipinski definition) is 3. The van der Waals surface area contributed by atoms with Crippen LogP contribution in [0.15, 0.2) is 28.7 Å². The first-order chi connectivity index (χ1) is 7.56. The molecule has 5 heteroatoms. The Morgan fingerprint density at radius 3 is 2.69 bits per heavy atom. The lowest BCUT2D eigenvalue weighted by Gasteiger charge is -2.07. The number of hydrogen-bond donors (Lipinski definition) is 1. The summed E-state index contributed by atoms with van der Waals surface area (Å²) in [5.74, 6) is 1.42. The van der Waals surface area contributed by atoms with Crippen molar-refractivity contribution < 1.29 is 4.74 Å². The highest BCUT2D eigenvalue weighted by Gasteiger charge is 2.07. The molecule has 16 heavy (non-hydrogen) atoms. The molecule has 0 aliphatic rings. The number of aromatic nitrogens is 2. The number of ether oxygens (including phenoxy) is 1. The molecule has 84 valence electrons. The Balaban J connectivity index is 2.30. The molecule has 0 saturated heterocycles. The van der Waals surface area contributed by atoms with E-state index in [1.54, 1.807) is 16.8 Å². The van der Waals surface area contributed by atoms with E-state index in [2.05, 4.69) is 21.0 Å². The highest BCUT2D eigenvalue weighted by atomic mass is 79.9. The van der Waals surface area contributed by atoms with Gasteiger partial charge in [0.05, 0.1) is 10.2 Å². The SMILES string of the molecule is Cc1cc(Oc2ccc(N)cc2Br)n(C)n1. The molecule has 0 saturated carbocycles. The van der Waals surface area contributed by atoms with Gasteiger partial charge in [-0.25, -0.2) is 4.68 Å². The Hall–Kier alpha value is -1.49. The quantitative estimate of drug-likeness (QED) is 0.862. The van der Waals surface area contributed by atoms with Crippen LogP contribution in [0, 0.1) is 6.92 Å². The molecule has 1 aromatic carbocycles. The summed E-state index contributed by atoms with van der Waals surface area (Å²) >= 11 is 3.40. The number of benzene rings is 1. The number of nitrogens with zero attached hydrogens (tertiary/aromatic N) is 2. The van der Waals surface area contributed by atoms with Gasteiger partial charge in [-0.15, -0.1) is 0 Å². The fourth-order valence-electron chi connectivity index (χ4n) is 1.39. The lowest BCUT2D eigenvalue weighted by atomic mass is 10.3. The average Bonchev–Trinajstić information content (AvgIpc) is 2.50. The fraction of sp³-hybridized carbons (Fsp3) is 0.182. The molecule has 0 atom stereocenters. The summed E-state index contributed by atoms with van der Waals surface area (Å²) < 4.78 is 8.23. The third-order valence-corrected chi connectivity index (χ3v) is 2.75. The van der Waals surface area contributed by atoms with Crippen molar-refractivity contribution in [2.24, 2.45) is 7.05 Å². The number of halogens is 1. The molecule has 0 amide bonds. The van der Waals surface area contributed by atoms with Crippen molar-refractivity contribution in [2.45, 2.75) is 6.92 Å². The van der Waals surface area contributed by atoms with E-state index < -0.39 is 0 Å². The van der Waals surface area contributed by atoms with Gasteiger partial charge in [-0.05, 0) is 41.1 Å². The van der Waals surface area contributed by atoms with E-state index in [0.29, 0.717) is 11.6 Å². The van der Waals surface area contributed by atoms with Gasteiger partial charge in [-0.2, -0.15) is 5.10 Å². The molecule has 0 fully saturated rings. The van der Waals surface area contributed by atoms with Crippen LogP contribution in [0.5, 0.6) is 11.6 Å². The summed E-state index contributed by atoms with van der Waals surface area (Å²) in [6.07, 6.45) is 0. The van der Waals surface area contributed by atoms with Gasteiger partial charge in [0, 0.05) is 18.8 Å². The van der Waals surface area contributed by atoms with Crippen molar-refractivity contribution in [3.8, 4) is 11.6 Å². The second kappa shape index (κ2) is 4.17. The first kappa shape index (κ1) is 11.0. The third-order valence-electron chi connectivity index (χ3n) is 2.13. The zero-order valence-electron chi connectivity index (χ0n) is 9.07. The van der Waals surface area contributed by atoms with Gasteiger partial charge in [0.2, 0.25) is 5.88 Å². The molecule has 2 N–H and O–H groups in total. The van der Waals surface area contributed by atoms with Gasteiger partial charge < -0.3 is 10.5 Å². The molecule has 0 aliphatic heterocycles. The minimum Gasteiger partial charge on any atom is -0.438 e. The lowest BCUT2D eigenvalue weighted by Crippen LogP contribution is -1.96. The molecular formula is C11H12BrN3O. The van der Waals surface area contributed by atoms with Crippen molar-refractivity contribution >= 4 is 21.6 Å². The normalized spacial score (nSPS) is 10.4. The first-order valence-corrected chi connectivity index (χ1v) is 5.59. The number of nitrogen functional groups attached to an aromatic ring is 1. The topological polar surface area (TPSA) is 53.1 Å². The molecule has 0 unspecified atom stereocenters. The van der Waals surface area contributed by atoms with Crippen LogP contribution in [0.3, 0.4) is 0 Å². The van der Waals surface area contributed by atoms with E-state index in [0.717, 1.165) is 15.9 Å². The van der Waals surface area contributed by atoms with Crippen molar-refractivity contribution in [1.82, 2.24) is 9.78 Å². The Kier molecular flexibility index (Phi) is 2.87. The van der Waals surface area contributed by atoms with E-state index in [4.69, 9.17) is 10.5 Å². The van der Waals surface area contributed by atoms with Crippen LogP contribution in [0.4, 0.5) is 5.69 Å². The van der Waals surface area contributed by atoms with Crippen molar-refractivity contribution in [3.63, 3.8) is 0 Å². The standard InChI is InChI=1S/C11H12BrN3O/c1-7-5-11(15(2)14-7)16-10-4-3-8(13)6-9(10)12/h3-6H,13H2,1-2H3. The molecule has 4 nitrogen and oxygen atoms in total. The Bertz CT molecular complexity index is 522. The van der Waals surface area contributed by atoms with E-state index in [-0.39, 0.29) is 0 Å². The Morgan fingerprint density at radius 1 is 1.38 bits per heavy atom. The zero-order valence-corrected chi connectivity index (χ0v) is 10.7. The maximum absolute atomic E-state index is 5.71. The summed E-state index contributed by atoms with van der Waals surface area (Å²) in [6.45, 7) is 1.92. The Morgan fingerprint density at radius 2 is 2.12 bits per heavy atom. The average molecular weight is 282 g/mol. The molecule has 1 heterocycles. The monoisotopic (exact) mass is 281 g/mol. The van der Waals surface area contributed by atoms with Crippen LogP contribution < -0.4 is 10.5 Å². The maximum Gasteiger partial charge on any atom is 0.217 e. The number of nitrogens with two attached hydrogens (primary N) is 1. The van der Waals surface area contributed by atoms with Gasteiger partial charge in [0.15, 0.2) is 0 Å². The predicted molar refractivity (Wildman–Crippen MR) is 66.6 cm³/mol. The highest BCUT2D eigenvalue weighted by molar-refractivity contribution is 9.10. The summed E-state index contributed by atoms with van der Waals surface area (Å²) in [5.41, 5.74) is 7.27. The van der Waals surface area contributed by atoms with Gasteiger partial charge >= 0.3 is 0 Å². The van der Waals surface area contributed by atoms with Crippen molar-refractivity contribution in [3.05, 3.63) is 34.4 Å². The van der Waals surface area contributed by atoms with Crippen LogP contribution in [-0.4, -0.2) is 9.78 Å². The number of aryl methyl sites for hydroxylation is 2. The molecule has 0 spiro atoms. The summed E-state index contributed by atoms with van der Waals surface area (Å²) in [7, 11) is 1.84. The van der Waals surface area contributed by atoms with Crippen LogP contribution >= 0.6 is 15.9 Å². The molecule has 2 aromatic rings. The minimum absolute atomic E-state index is 0.695. The predicted octanol–water partition coefficient (Wildman–Crippen LogP) is 2.87. The van der Waals surface area contributed by atoms with Crippen LogP contribution in [0.1, 0.15) is 5.69 Å². The van der Waals surface area contributed by atoms with Crippen LogP contribution in [0.25, 0.3) is 0 Å². The summed E-state index contributed by atoms with van der Waals surface area (Å²) in [5, 5.41) is 4.21. The first-order valence-electron chi connectivity index (χ1n) is 4.80. The zero-order chi connectivity index (χ0) is 11.7. The van der Waals surface area contributed by atoms with Crippen LogP contribution in [0.2, 0.25) is 0 Å². The van der Waals surface area contributed by atoms with E-state index in [9.17, 15) is 0 Å². The van der Waals surface area contributed by atoms with Gasteiger partial charge in [-0.3, -0.25) is 0 Å². The van der Waals surface area contributed by atoms with Crippen LogP contribution in [-0.2, 0) is 7.05 Å². The van der Waals surface area contributed by atoms with Crippen molar-refractivity contribution in [2.75, 3.05) is 5.73 Å². The van der Waals surface area contributed by atoms with Gasteiger partial charge in [0.25, 0.3) is 0 Å². The maximum atomic E-state index is 5.71. The lowest BCUT2D eigenvalue weighted by molar-refractivity contribution is 0.428. The van der Waals surface area contributed by atoms with E-state index in [1.165, 1.54) is 0 Å². The molecule has 0 radical (unpaired) electrons. The number of anilines is 1. The summed E-state index contributed by atoms with van der Waals surface area (Å²) in [4.78, 5) is 0. The minimum atomic E-state index is 0.695. The molecule has 0 bridgehead atoms. The fourth-order valence-corrected chi connectivity index (χ4v) is 1.87. The van der Waals surface area contributed by atoms with E-state index in [1.807, 2.05) is 26.1 Å². The molecule has 2 rings (SSSR count). The number of rotatable bonds is 2. The molecule has 1 aromatic heterocycles. The van der Waals surface area contributed by atoms with E-state index >= 15 is 0 Å².